The van der Waals surface area contributed by atoms with E-state index in [1.807, 2.05) is 24.8 Å². The molecule has 0 unspecified atom stereocenters. The van der Waals surface area contributed by atoms with Crippen LogP contribution < -0.4 is 0 Å². The quantitative estimate of drug-likeness (QED) is 0.268. The number of hydrogen-bond donors (Lipinski definition) is 0. The van der Waals surface area contributed by atoms with E-state index >= 15 is 0 Å². The zero-order valence-electron chi connectivity index (χ0n) is 17.8. The molecule has 0 saturated carbocycles. The van der Waals surface area contributed by atoms with Gasteiger partial charge < -0.3 is 4.40 Å². The molecule has 0 saturated heterocycles. The molecule has 0 atom stereocenters. The summed E-state index contributed by atoms with van der Waals surface area (Å²) in [6.45, 7) is 4.75. The normalized spacial score (nSPS) is 14.8. The number of rotatable bonds is 0. The van der Waals surface area contributed by atoms with E-state index in [0.717, 1.165) is 11.0 Å². The van der Waals surface area contributed by atoms with Gasteiger partial charge in [-0.25, -0.2) is 0 Å². The van der Waals surface area contributed by atoms with Gasteiger partial charge in [0.05, 0.1) is 28.9 Å². The van der Waals surface area contributed by atoms with Gasteiger partial charge in [0, 0.05) is 39.4 Å². The van der Waals surface area contributed by atoms with Crippen LogP contribution in [0.2, 0.25) is 0 Å². The van der Waals surface area contributed by atoms with Gasteiger partial charge in [-0.15, -0.1) is 0 Å². The van der Waals surface area contributed by atoms with E-state index < -0.39 is 0 Å². The second kappa shape index (κ2) is 5.25. The molecule has 8 rings (SSSR count). The summed E-state index contributed by atoms with van der Waals surface area (Å²) in [5.41, 5.74) is 8.97. The van der Waals surface area contributed by atoms with Gasteiger partial charge in [0.2, 0.25) is 0 Å². The molecule has 0 radical (unpaired) electrons. The molecule has 0 amide bonds. The highest BCUT2D eigenvalue weighted by molar-refractivity contribution is 6.29. The summed E-state index contributed by atoms with van der Waals surface area (Å²) in [6, 6.07) is 20.2. The molecule has 0 fully saturated rings. The molecule has 4 aromatic heterocycles. The smallest absolute Gasteiger partial charge is 0.0725 e. The highest BCUT2D eigenvalue weighted by Crippen LogP contribution is 2.54. The maximum atomic E-state index is 4.49. The summed E-state index contributed by atoms with van der Waals surface area (Å²) in [6.07, 6.45) is 7.80. The number of benzene rings is 3. The maximum absolute atomic E-state index is 4.49. The number of aromatic nitrogens is 3. The number of hydrogen-bond acceptors (Lipinski definition) is 2. The van der Waals surface area contributed by atoms with Crippen molar-refractivity contribution >= 4 is 48.9 Å². The average molecular weight is 409 g/mol. The Labute approximate surface area is 184 Å². The van der Waals surface area contributed by atoms with Gasteiger partial charge in [-0.1, -0.05) is 50.2 Å². The highest BCUT2D eigenvalue weighted by Gasteiger charge is 2.36. The van der Waals surface area contributed by atoms with E-state index in [2.05, 4.69) is 82.8 Å². The number of pyridine rings is 2. The van der Waals surface area contributed by atoms with Gasteiger partial charge >= 0.3 is 0 Å². The highest BCUT2D eigenvalue weighted by atomic mass is 14.9. The van der Waals surface area contributed by atoms with E-state index in [1.54, 1.807) is 0 Å². The van der Waals surface area contributed by atoms with E-state index in [9.17, 15) is 0 Å². The number of fused-ring (bicyclic) bond motifs is 9. The first-order valence-electron chi connectivity index (χ1n) is 11.1. The standard InChI is InChI=1S/C29H19N3/c1-29(2)21-8-4-6-16-5-3-7-19(25(16)21)26-22(29)13-20-17-9-11-30-14-23(17)32-24-15-31-12-10-18(24)27(26)28(20)32/h3-15H,1-2H3. The summed E-state index contributed by atoms with van der Waals surface area (Å²) in [7, 11) is 0. The Bertz CT molecular complexity index is 1900. The lowest BCUT2D eigenvalue weighted by Crippen LogP contribution is -2.23. The molecule has 3 nitrogen and oxygen atoms in total. The molecule has 0 N–H and O–H groups in total. The Hall–Kier alpha value is -3.98. The first kappa shape index (κ1) is 16.7. The third-order valence-corrected chi connectivity index (χ3v) is 7.69. The molecular weight excluding hydrogens is 390 g/mol. The molecule has 7 aromatic rings. The molecule has 0 aliphatic heterocycles. The van der Waals surface area contributed by atoms with Gasteiger partial charge in [0.1, 0.15) is 0 Å². The fourth-order valence-electron chi connectivity index (χ4n) is 6.30. The van der Waals surface area contributed by atoms with Gasteiger partial charge in [-0.05, 0) is 51.2 Å². The molecule has 150 valence electrons. The molecule has 1 aliphatic rings. The molecule has 0 bridgehead atoms. The SMILES string of the molecule is CC1(C)c2cc3c4ccncc4n4c5cnccc5c(c2-c2cccc5cccc1c25)c34. The largest absolute Gasteiger partial charge is 0.305 e. The summed E-state index contributed by atoms with van der Waals surface area (Å²) < 4.78 is 2.36. The van der Waals surface area contributed by atoms with Gasteiger partial charge in [-0.2, -0.15) is 0 Å². The topological polar surface area (TPSA) is 30.2 Å². The lowest BCUT2D eigenvalue weighted by molar-refractivity contribution is 0.647. The second-order valence-electron chi connectivity index (χ2n) is 9.53. The van der Waals surface area contributed by atoms with Crippen LogP contribution in [-0.2, 0) is 5.41 Å². The summed E-state index contributed by atoms with van der Waals surface area (Å²) >= 11 is 0. The van der Waals surface area contributed by atoms with Gasteiger partial charge in [-0.3, -0.25) is 9.97 Å². The second-order valence-corrected chi connectivity index (χ2v) is 9.53. The van der Waals surface area contributed by atoms with Crippen LogP contribution in [0.3, 0.4) is 0 Å². The third-order valence-electron chi connectivity index (χ3n) is 7.69. The zero-order chi connectivity index (χ0) is 21.2. The van der Waals surface area contributed by atoms with E-state index in [4.69, 9.17) is 0 Å². The van der Waals surface area contributed by atoms with Crippen LogP contribution in [0, 0.1) is 0 Å². The van der Waals surface area contributed by atoms with Crippen molar-refractivity contribution in [2.75, 3.05) is 0 Å². The maximum Gasteiger partial charge on any atom is 0.0725 e. The van der Waals surface area contributed by atoms with Crippen LogP contribution in [0.4, 0.5) is 0 Å². The summed E-state index contributed by atoms with van der Waals surface area (Å²) in [4.78, 5) is 8.95. The fraction of sp³-hybridized carbons (Fsp3) is 0.103. The van der Waals surface area contributed by atoms with Crippen LogP contribution in [0.1, 0.15) is 25.0 Å². The predicted molar refractivity (Wildman–Crippen MR) is 132 cm³/mol. The Morgan fingerprint density at radius 2 is 1.44 bits per heavy atom. The average Bonchev–Trinajstić information content (AvgIpc) is 3.34. The van der Waals surface area contributed by atoms with Crippen molar-refractivity contribution in [2.24, 2.45) is 0 Å². The first-order chi connectivity index (χ1) is 15.7. The third kappa shape index (κ3) is 1.70. The molecule has 3 heteroatoms. The Kier molecular flexibility index (Phi) is 2.74. The van der Waals surface area contributed by atoms with Crippen LogP contribution in [0.15, 0.2) is 79.4 Å². The fourth-order valence-corrected chi connectivity index (χ4v) is 6.30. The molecule has 1 aliphatic carbocycles. The van der Waals surface area contributed by atoms with Crippen molar-refractivity contribution in [2.45, 2.75) is 19.3 Å². The minimum atomic E-state index is -0.106. The summed E-state index contributed by atoms with van der Waals surface area (Å²) in [5.74, 6) is 0. The van der Waals surface area contributed by atoms with Crippen LogP contribution >= 0.6 is 0 Å². The van der Waals surface area contributed by atoms with Crippen molar-refractivity contribution in [1.29, 1.82) is 0 Å². The lowest BCUT2D eigenvalue weighted by Gasteiger charge is -2.35. The Morgan fingerprint density at radius 1 is 0.719 bits per heavy atom. The van der Waals surface area contributed by atoms with Crippen molar-refractivity contribution in [3.8, 4) is 11.1 Å². The van der Waals surface area contributed by atoms with E-state index in [-0.39, 0.29) is 5.41 Å². The first-order valence-corrected chi connectivity index (χ1v) is 11.1. The number of nitrogens with zero attached hydrogens (tertiary/aromatic N) is 3. The minimum absolute atomic E-state index is 0.106. The predicted octanol–water partition coefficient (Wildman–Crippen LogP) is 7.09. The van der Waals surface area contributed by atoms with Gasteiger partial charge in [0.15, 0.2) is 0 Å². The Balaban J connectivity index is 1.76. The van der Waals surface area contributed by atoms with Crippen LogP contribution in [0.25, 0.3) is 60.0 Å². The van der Waals surface area contributed by atoms with Crippen LogP contribution in [0.5, 0.6) is 0 Å². The zero-order valence-corrected chi connectivity index (χ0v) is 17.8. The molecule has 32 heavy (non-hydrogen) atoms. The molecule has 0 spiro atoms. The summed E-state index contributed by atoms with van der Waals surface area (Å²) in [5, 5.41) is 7.84. The van der Waals surface area contributed by atoms with E-state index in [0.29, 0.717) is 0 Å². The monoisotopic (exact) mass is 409 g/mol. The van der Waals surface area contributed by atoms with E-state index in [1.165, 1.54) is 60.1 Å². The molecule has 3 aromatic carbocycles. The van der Waals surface area contributed by atoms with Crippen LogP contribution in [-0.4, -0.2) is 14.4 Å². The minimum Gasteiger partial charge on any atom is -0.305 e. The molecule has 4 heterocycles. The van der Waals surface area contributed by atoms with Crippen molar-refractivity contribution in [1.82, 2.24) is 14.4 Å². The van der Waals surface area contributed by atoms with Crippen molar-refractivity contribution in [3.63, 3.8) is 0 Å². The Morgan fingerprint density at radius 3 is 2.25 bits per heavy atom. The van der Waals surface area contributed by atoms with Crippen molar-refractivity contribution in [3.05, 3.63) is 90.5 Å². The molecular formula is C29H19N3. The lowest BCUT2D eigenvalue weighted by atomic mass is 9.67. The van der Waals surface area contributed by atoms with Crippen molar-refractivity contribution < 1.29 is 0 Å². The van der Waals surface area contributed by atoms with Gasteiger partial charge in [0.25, 0.3) is 0 Å².